The summed E-state index contributed by atoms with van der Waals surface area (Å²) in [6.07, 6.45) is 2.00. The fraction of sp³-hybridized carbons (Fsp3) is 0.278. The Balaban J connectivity index is 1.40. The van der Waals surface area contributed by atoms with Crippen molar-refractivity contribution in [3.8, 4) is 11.5 Å². The van der Waals surface area contributed by atoms with Gasteiger partial charge in [-0.25, -0.2) is 0 Å². The molecule has 0 fully saturated rings. The molecule has 0 bridgehead atoms. The Hall–Kier alpha value is -2.01. The maximum absolute atomic E-state index is 11.9. The van der Waals surface area contributed by atoms with Crippen LogP contribution in [0.3, 0.4) is 0 Å². The second kappa shape index (κ2) is 7.51. The highest BCUT2D eigenvalue weighted by atomic mass is 79.9. The number of carbonyl (C=O) groups excluding carboxylic acids is 1. The molecule has 0 saturated carbocycles. The Morgan fingerprint density at radius 3 is 2.57 bits per heavy atom. The molecule has 0 aliphatic carbocycles. The predicted molar refractivity (Wildman–Crippen MR) is 91.7 cm³/mol. The summed E-state index contributed by atoms with van der Waals surface area (Å²) in [7, 11) is 0. The van der Waals surface area contributed by atoms with Crippen molar-refractivity contribution in [3.63, 3.8) is 0 Å². The third-order valence-corrected chi connectivity index (χ3v) is 4.26. The molecule has 5 heteroatoms. The molecule has 1 N–H and O–H groups in total. The van der Waals surface area contributed by atoms with Crippen LogP contribution in [0.25, 0.3) is 0 Å². The summed E-state index contributed by atoms with van der Waals surface area (Å²) in [5.74, 6) is 1.60. The van der Waals surface area contributed by atoms with Crippen molar-refractivity contribution >= 4 is 21.8 Å². The molecule has 3 rings (SSSR count). The number of halogens is 1. The average Bonchev–Trinajstić information content (AvgIpc) is 3.02. The predicted octanol–water partition coefficient (Wildman–Crippen LogP) is 3.47. The van der Waals surface area contributed by atoms with Gasteiger partial charge in [-0.05, 0) is 48.2 Å². The van der Waals surface area contributed by atoms with E-state index in [1.807, 2.05) is 30.3 Å². The summed E-state index contributed by atoms with van der Waals surface area (Å²) >= 11 is 3.41. The first-order chi connectivity index (χ1) is 11.2. The topological polar surface area (TPSA) is 47.6 Å². The molecule has 120 valence electrons. The highest BCUT2D eigenvalue weighted by Crippen LogP contribution is 2.32. The molecule has 2 aromatic rings. The summed E-state index contributed by atoms with van der Waals surface area (Å²) in [4.78, 5) is 11.9. The Morgan fingerprint density at radius 2 is 1.74 bits per heavy atom. The van der Waals surface area contributed by atoms with Gasteiger partial charge in [0.1, 0.15) is 0 Å². The van der Waals surface area contributed by atoms with Crippen LogP contribution in [0.5, 0.6) is 11.5 Å². The van der Waals surface area contributed by atoms with E-state index in [0.717, 1.165) is 28.0 Å². The minimum absolute atomic E-state index is 0.0692. The van der Waals surface area contributed by atoms with Crippen LogP contribution in [0.15, 0.2) is 46.9 Å². The third kappa shape index (κ3) is 4.48. The molecule has 2 aromatic carbocycles. The molecular formula is C18H18BrNO3. The summed E-state index contributed by atoms with van der Waals surface area (Å²) in [5, 5.41) is 2.96. The van der Waals surface area contributed by atoms with Gasteiger partial charge in [0.05, 0.1) is 0 Å². The zero-order valence-electron chi connectivity index (χ0n) is 12.7. The zero-order valence-corrected chi connectivity index (χ0v) is 14.3. The molecule has 1 aliphatic heterocycles. The van der Waals surface area contributed by atoms with E-state index in [2.05, 4.69) is 33.4 Å². The van der Waals surface area contributed by atoms with Gasteiger partial charge in [-0.3, -0.25) is 4.79 Å². The molecule has 1 amide bonds. The average molecular weight is 376 g/mol. The molecular weight excluding hydrogens is 358 g/mol. The van der Waals surface area contributed by atoms with E-state index in [-0.39, 0.29) is 12.7 Å². The smallest absolute Gasteiger partial charge is 0.231 e. The Labute approximate surface area is 143 Å². The van der Waals surface area contributed by atoms with Gasteiger partial charge < -0.3 is 14.8 Å². The van der Waals surface area contributed by atoms with Crippen LogP contribution in [0.1, 0.15) is 17.5 Å². The largest absolute Gasteiger partial charge is 0.454 e. The van der Waals surface area contributed by atoms with Gasteiger partial charge in [0.2, 0.25) is 12.7 Å². The summed E-state index contributed by atoms with van der Waals surface area (Å²) in [5.41, 5.74) is 2.29. The SMILES string of the molecule is O=C(CCc1ccc2c(c1)OCO2)NCCc1ccc(Br)cc1. The molecule has 0 aromatic heterocycles. The number of carbonyl (C=O) groups is 1. The number of nitrogens with one attached hydrogen (secondary N) is 1. The normalized spacial score (nSPS) is 12.2. The molecule has 23 heavy (non-hydrogen) atoms. The van der Waals surface area contributed by atoms with E-state index in [1.165, 1.54) is 5.56 Å². The lowest BCUT2D eigenvalue weighted by atomic mass is 10.1. The van der Waals surface area contributed by atoms with Crippen LogP contribution < -0.4 is 14.8 Å². The number of fused-ring (bicyclic) bond motifs is 1. The van der Waals surface area contributed by atoms with E-state index in [0.29, 0.717) is 19.4 Å². The van der Waals surface area contributed by atoms with Gasteiger partial charge in [-0.1, -0.05) is 34.1 Å². The van der Waals surface area contributed by atoms with Crippen LogP contribution in [-0.2, 0) is 17.6 Å². The van der Waals surface area contributed by atoms with E-state index in [9.17, 15) is 4.79 Å². The maximum atomic E-state index is 11.9. The van der Waals surface area contributed by atoms with Gasteiger partial charge >= 0.3 is 0 Å². The van der Waals surface area contributed by atoms with Crippen LogP contribution in [0, 0.1) is 0 Å². The van der Waals surface area contributed by atoms with E-state index >= 15 is 0 Å². The van der Waals surface area contributed by atoms with Gasteiger partial charge in [0.15, 0.2) is 11.5 Å². The molecule has 4 nitrogen and oxygen atoms in total. The van der Waals surface area contributed by atoms with Gasteiger partial charge in [0, 0.05) is 17.4 Å². The molecule has 1 heterocycles. The Kier molecular flexibility index (Phi) is 5.18. The van der Waals surface area contributed by atoms with E-state index < -0.39 is 0 Å². The number of amides is 1. The molecule has 0 saturated heterocycles. The number of ether oxygens (including phenoxy) is 2. The maximum Gasteiger partial charge on any atom is 0.231 e. The molecule has 0 radical (unpaired) electrons. The summed E-state index contributed by atoms with van der Waals surface area (Å²) in [6, 6.07) is 13.9. The van der Waals surface area contributed by atoms with Crippen molar-refractivity contribution in [1.29, 1.82) is 0 Å². The number of hydrogen-bond donors (Lipinski definition) is 1. The second-order valence-corrected chi connectivity index (χ2v) is 6.33. The quantitative estimate of drug-likeness (QED) is 0.840. The van der Waals surface area contributed by atoms with Crippen LogP contribution in [0.4, 0.5) is 0 Å². The minimum Gasteiger partial charge on any atom is -0.454 e. The van der Waals surface area contributed by atoms with E-state index in [4.69, 9.17) is 9.47 Å². The number of rotatable bonds is 6. The van der Waals surface area contributed by atoms with Crippen molar-refractivity contribution in [1.82, 2.24) is 5.32 Å². The molecule has 0 unspecified atom stereocenters. The Morgan fingerprint density at radius 1 is 1.00 bits per heavy atom. The number of aryl methyl sites for hydroxylation is 1. The standard InChI is InChI=1S/C18H18BrNO3/c19-15-5-1-13(2-6-15)9-10-20-18(21)8-4-14-3-7-16-17(11-14)23-12-22-16/h1-3,5-7,11H,4,8-10,12H2,(H,20,21). The van der Waals surface area contributed by atoms with Crippen molar-refractivity contribution in [2.24, 2.45) is 0 Å². The number of benzene rings is 2. The lowest BCUT2D eigenvalue weighted by molar-refractivity contribution is -0.121. The van der Waals surface area contributed by atoms with Gasteiger partial charge in [0.25, 0.3) is 0 Å². The van der Waals surface area contributed by atoms with Crippen LogP contribution >= 0.6 is 15.9 Å². The van der Waals surface area contributed by atoms with E-state index in [1.54, 1.807) is 0 Å². The van der Waals surface area contributed by atoms with Gasteiger partial charge in [-0.15, -0.1) is 0 Å². The fourth-order valence-electron chi connectivity index (χ4n) is 2.44. The first-order valence-electron chi connectivity index (χ1n) is 7.60. The monoisotopic (exact) mass is 375 g/mol. The highest BCUT2D eigenvalue weighted by molar-refractivity contribution is 9.10. The molecule has 1 aliphatic rings. The van der Waals surface area contributed by atoms with Crippen molar-refractivity contribution < 1.29 is 14.3 Å². The van der Waals surface area contributed by atoms with Crippen LogP contribution in [-0.4, -0.2) is 19.2 Å². The zero-order chi connectivity index (χ0) is 16.1. The van der Waals surface area contributed by atoms with Crippen molar-refractivity contribution in [3.05, 3.63) is 58.1 Å². The Bertz CT molecular complexity index is 685. The molecule has 0 atom stereocenters. The third-order valence-electron chi connectivity index (χ3n) is 3.73. The fourth-order valence-corrected chi connectivity index (χ4v) is 2.70. The molecule has 0 spiro atoms. The first kappa shape index (κ1) is 15.9. The first-order valence-corrected chi connectivity index (χ1v) is 8.40. The van der Waals surface area contributed by atoms with Crippen molar-refractivity contribution in [2.45, 2.75) is 19.3 Å². The summed E-state index contributed by atoms with van der Waals surface area (Å²) in [6.45, 7) is 0.928. The van der Waals surface area contributed by atoms with Gasteiger partial charge in [-0.2, -0.15) is 0 Å². The lowest BCUT2D eigenvalue weighted by Gasteiger charge is -2.06. The number of hydrogen-bond acceptors (Lipinski definition) is 3. The summed E-state index contributed by atoms with van der Waals surface area (Å²) < 4.78 is 11.7. The van der Waals surface area contributed by atoms with Crippen molar-refractivity contribution in [2.75, 3.05) is 13.3 Å². The second-order valence-electron chi connectivity index (χ2n) is 5.41. The van der Waals surface area contributed by atoms with Crippen LogP contribution in [0.2, 0.25) is 0 Å². The minimum atomic E-state index is 0.0692. The highest BCUT2D eigenvalue weighted by Gasteiger charge is 2.13. The lowest BCUT2D eigenvalue weighted by Crippen LogP contribution is -2.25.